The first-order valence-electron chi connectivity index (χ1n) is 11.2. The molecule has 0 atom stereocenters. The Morgan fingerprint density at radius 3 is 2.41 bits per heavy atom. The van der Waals surface area contributed by atoms with Crippen molar-refractivity contribution in [2.75, 3.05) is 47.0 Å². The molecule has 0 saturated carbocycles. The van der Waals surface area contributed by atoms with E-state index in [1.807, 2.05) is 24.0 Å². The molecule has 2 aromatic carbocycles. The van der Waals surface area contributed by atoms with E-state index in [4.69, 9.17) is 16.3 Å². The summed E-state index contributed by atoms with van der Waals surface area (Å²) in [5.74, 6) is -0.0280. The second kappa shape index (κ2) is 10.1. The lowest BCUT2D eigenvalue weighted by Crippen LogP contribution is -2.49. The molecule has 34 heavy (non-hydrogen) atoms. The number of benzene rings is 2. The van der Waals surface area contributed by atoms with E-state index < -0.39 is 5.91 Å². The number of halogens is 1. The smallest absolute Gasteiger partial charge is 0.262 e. The van der Waals surface area contributed by atoms with Crippen molar-refractivity contribution in [1.29, 1.82) is 0 Å². The Balaban J connectivity index is 1.65. The maximum atomic E-state index is 13.4. The Labute approximate surface area is 203 Å². The van der Waals surface area contributed by atoms with Crippen molar-refractivity contribution in [2.45, 2.75) is 13.3 Å². The predicted molar refractivity (Wildman–Crippen MR) is 131 cm³/mol. The normalized spacial score (nSPS) is 15.0. The number of carbonyl (C=O) groups is 2. The molecule has 0 radical (unpaired) electrons. The molecule has 1 aliphatic rings. The lowest BCUT2D eigenvalue weighted by molar-refractivity contribution is -0.174. The summed E-state index contributed by atoms with van der Waals surface area (Å²) >= 11 is 5.99. The van der Waals surface area contributed by atoms with Gasteiger partial charge in [-0.3, -0.25) is 24.3 Å². The number of hydroxylamine groups is 2. The van der Waals surface area contributed by atoms with E-state index in [9.17, 15) is 14.8 Å². The minimum Gasteiger partial charge on any atom is -0.497 e. The second-order valence-electron chi connectivity index (χ2n) is 8.63. The van der Waals surface area contributed by atoms with Crippen LogP contribution in [0.1, 0.15) is 21.6 Å². The topological polar surface area (TPSA) is 78.2 Å². The van der Waals surface area contributed by atoms with E-state index in [1.165, 1.54) is 0 Å². The van der Waals surface area contributed by atoms with Gasteiger partial charge in [-0.25, -0.2) is 5.06 Å². The Morgan fingerprint density at radius 1 is 1.09 bits per heavy atom. The Bertz CT molecular complexity index is 1200. The van der Waals surface area contributed by atoms with Crippen LogP contribution in [-0.4, -0.2) is 83.5 Å². The van der Waals surface area contributed by atoms with Gasteiger partial charge in [0.05, 0.1) is 19.0 Å². The summed E-state index contributed by atoms with van der Waals surface area (Å²) in [6, 6.07) is 12.1. The summed E-state index contributed by atoms with van der Waals surface area (Å²) in [4.78, 5) is 30.6. The fraction of sp³-hybridized carbons (Fsp3) is 0.360. The monoisotopic (exact) mass is 484 g/mol. The molecule has 0 spiro atoms. The first-order valence-corrected chi connectivity index (χ1v) is 11.5. The Hall–Kier alpha value is -2.91. The molecule has 1 amide bonds. The number of aromatic nitrogens is 1. The zero-order valence-electron chi connectivity index (χ0n) is 19.6. The number of hydrogen-bond donors (Lipinski definition) is 1. The van der Waals surface area contributed by atoms with Crippen LogP contribution in [0.3, 0.4) is 0 Å². The number of carbonyl (C=O) groups excluding carboxylic acids is 2. The molecule has 1 N–H and O–H groups in total. The van der Waals surface area contributed by atoms with Gasteiger partial charge in [-0.2, -0.15) is 0 Å². The van der Waals surface area contributed by atoms with Crippen LogP contribution in [0.25, 0.3) is 10.9 Å². The van der Waals surface area contributed by atoms with Crippen LogP contribution in [0.15, 0.2) is 42.5 Å². The van der Waals surface area contributed by atoms with Crippen molar-refractivity contribution >= 4 is 34.3 Å². The Morgan fingerprint density at radius 2 is 1.76 bits per heavy atom. The van der Waals surface area contributed by atoms with Gasteiger partial charge in [-0.1, -0.05) is 11.6 Å². The molecular weight excluding hydrogens is 456 g/mol. The standard InChI is InChI=1S/C25H29ClN4O4/c1-17-21(15-24(31)29(33)16-28-12-10-27(2)11-13-28)22-14-20(34-3)8-9-23(22)30(17)25(32)18-4-6-19(26)7-5-18/h4-9,14,33H,10-13,15-16H2,1-3H3. The molecule has 1 aromatic heterocycles. The highest BCUT2D eigenvalue weighted by Gasteiger charge is 2.25. The van der Waals surface area contributed by atoms with Gasteiger partial charge in [0.25, 0.3) is 11.8 Å². The third-order valence-corrected chi connectivity index (χ3v) is 6.63. The first kappa shape index (κ1) is 24.2. The van der Waals surface area contributed by atoms with Gasteiger partial charge in [0.2, 0.25) is 0 Å². The molecule has 8 nitrogen and oxygen atoms in total. The zero-order valence-corrected chi connectivity index (χ0v) is 20.4. The minimum atomic E-state index is -0.428. The Kier molecular flexibility index (Phi) is 7.23. The maximum absolute atomic E-state index is 13.4. The van der Waals surface area contributed by atoms with Crippen LogP contribution in [0, 0.1) is 6.92 Å². The largest absolute Gasteiger partial charge is 0.497 e. The lowest BCUT2D eigenvalue weighted by atomic mass is 10.1. The van der Waals surface area contributed by atoms with E-state index in [2.05, 4.69) is 11.9 Å². The molecule has 4 rings (SSSR count). The molecule has 9 heteroatoms. The number of likely N-dealkylation sites (N-methyl/N-ethyl adjacent to an activating group) is 1. The molecule has 2 heterocycles. The first-order chi connectivity index (χ1) is 16.3. The van der Waals surface area contributed by atoms with Crippen LogP contribution in [-0.2, 0) is 11.2 Å². The molecule has 0 aliphatic carbocycles. The predicted octanol–water partition coefficient (Wildman–Crippen LogP) is 3.27. The van der Waals surface area contributed by atoms with Crippen LogP contribution >= 0.6 is 11.6 Å². The SMILES string of the molecule is COc1ccc2c(c1)c(CC(=O)N(O)CN1CCN(C)CC1)c(C)n2C(=O)c1ccc(Cl)cc1. The average molecular weight is 485 g/mol. The molecule has 1 saturated heterocycles. The highest BCUT2D eigenvalue weighted by atomic mass is 35.5. The van der Waals surface area contributed by atoms with E-state index in [0.717, 1.165) is 36.6 Å². The summed E-state index contributed by atoms with van der Waals surface area (Å²) in [5.41, 5.74) is 2.48. The van der Waals surface area contributed by atoms with Crippen LogP contribution in [0.2, 0.25) is 5.02 Å². The van der Waals surface area contributed by atoms with Crippen molar-refractivity contribution < 1.29 is 19.5 Å². The van der Waals surface area contributed by atoms with E-state index in [0.29, 0.717) is 33.1 Å². The molecular formula is C25H29ClN4O4. The molecule has 180 valence electrons. The fourth-order valence-electron chi connectivity index (χ4n) is 4.30. The van der Waals surface area contributed by atoms with E-state index >= 15 is 0 Å². The van der Waals surface area contributed by atoms with Crippen molar-refractivity contribution in [3.63, 3.8) is 0 Å². The molecule has 0 bridgehead atoms. The van der Waals surface area contributed by atoms with Crippen LogP contribution < -0.4 is 4.74 Å². The average Bonchev–Trinajstić information content (AvgIpc) is 3.10. The molecule has 3 aromatic rings. The quantitative estimate of drug-likeness (QED) is 0.427. The van der Waals surface area contributed by atoms with E-state index in [1.54, 1.807) is 42.0 Å². The highest BCUT2D eigenvalue weighted by molar-refractivity contribution is 6.30. The molecule has 1 fully saturated rings. The summed E-state index contributed by atoms with van der Waals surface area (Å²) < 4.78 is 6.98. The summed E-state index contributed by atoms with van der Waals surface area (Å²) in [6.45, 7) is 5.31. The number of methoxy groups -OCH3 is 1. The number of hydrogen-bond acceptors (Lipinski definition) is 6. The third-order valence-electron chi connectivity index (χ3n) is 6.38. The number of piperazine rings is 1. The van der Waals surface area contributed by atoms with Gasteiger partial charge in [-0.05, 0) is 62.0 Å². The second-order valence-corrected chi connectivity index (χ2v) is 9.06. The van der Waals surface area contributed by atoms with Gasteiger partial charge in [-0.15, -0.1) is 0 Å². The third kappa shape index (κ3) is 4.95. The number of ether oxygens (including phenoxy) is 1. The number of amides is 1. The number of nitrogens with zero attached hydrogens (tertiary/aromatic N) is 4. The zero-order chi connectivity index (χ0) is 24.4. The molecule has 0 unspecified atom stereocenters. The summed E-state index contributed by atoms with van der Waals surface area (Å²) in [7, 11) is 3.62. The van der Waals surface area contributed by atoms with Crippen molar-refractivity contribution in [1.82, 2.24) is 19.4 Å². The summed E-state index contributed by atoms with van der Waals surface area (Å²) in [6.07, 6.45) is -0.0410. The molecule has 1 aliphatic heterocycles. The van der Waals surface area contributed by atoms with Gasteiger partial charge < -0.3 is 9.64 Å². The highest BCUT2D eigenvalue weighted by Crippen LogP contribution is 2.31. The van der Waals surface area contributed by atoms with Crippen molar-refractivity contribution in [3.8, 4) is 5.75 Å². The van der Waals surface area contributed by atoms with Gasteiger partial charge in [0, 0.05) is 47.8 Å². The fourth-order valence-corrected chi connectivity index (χ4v) is 4.42. The van der Waals surface area contributed by atoms with Gasteiger partial charge >= 0.3 is 0 Å². The van der Waals surface area contributed by atoms with Crippen LogP contribution in [0.5, 0.6) is 5.75 Å². The van der Waals surface area contributed by atoms with Gasteiger partial charge in [0.15, 0.2) is 0 Å². The summed E-state index contributed by atoms with van der Waals surface area (Å²) in [5, 5.41) is 12.6. The number of rotatable bonds is 6. The van der Waals surface area contributed by atoms with Gasteiger partial charge in [0.1, 0.15) is 12.4 Å². The van der Waals surface area contributed by atoms with Crippen molar-refractivity contribution in [3.05, 3.63) is 64.3 Å². The van der Waals surface area contributed by atoms with Crippen molar-refractivity contribution in [2.24, 2.45) is 0 Å². The maximum Gasteiger partial charge on any atom is 0.262 e. The van der Waals surface area contributed by atoms with E-state index in [-0.39, 0.29) is 19.0 Å². The lowest BCUT2D eigenvalue weighted by Gasteiger charge is -2.33. The number of fused-ring (bicyclic) bond motifs is 1. The minimum absolute atomic E-state index is 0.0410. The van der Waals surface area contributed by atoms with Crippen LogP contribution in [0.4, 0.5) is 0 Å².